The SMILES string of the molecule is C[C@H]1C2=CC[C@H]3[C@@H]4CC[C@H](O)[C@@]4(C)CC[C@@H]3[C@@]2(C)CC[C@@H]1O. The Balaban J connectivity index is 1.70. The molecule has 2 N–H and O–H groups in total. The van der Waals surface area contributed by atoms with Crippen molar-refractivity contribution < 1.29 is 10.2 Å². The van der Waals surface area contributed by atoms with Crippen molar-refractivity contribution in [2.45, 2.75) is 77.9 Å². The summed E-state index contributed by atoms with van der Waals surface area (Å²) in [4.78, 5) is 0. The summed E-state index contributed by atoms with van der Waals surface area (Å²) >= 11 is 0. The lowest BCUT2D eigenvalue weighted by atomic mass is 9.47. The van der Waals surface area contributed by atoms with Crippen LogP contribution in [0.3, 0.4) is 0 Å². The van der Waals surface area contributed by atoms with Crippen LogP contribution in [0.15, 0.2) is 11.6 Å². The van der Waals surface area contributed by atoms with Crippen LogP contribution in [-0.2, 0) is 0 Å². The normalized spacial score (nSPS) is 57.6. The van der Waals surface area contributed by atoms with Gasteiger partial charge in [-0.1, -0.05) is 32.4 Å². The molecule has 3 fully saturated rings. The third kappa shape index (κ3) is 1.80. The molecule has 2 nitrogen and oxygen atoms in total. The third-order valence-corrected chi connectivity index (χ3v) is 8.50. The van der Waals surface area contributed by atoms with E-state index in [1.807, 2.05) is 0 Å². The van der Waals surface area contributed by atoms with E-state index in [2.05, 4.69) is 26.8 Å². The number of aliphatic hydroxyl groups is 2. The van der Waals surface area contributed by atoms with E-state index in [0.29, 0.717) is 17.3 Å². The quantitative estimate of drug-likeness (QED) is 0.666. The van der Waals surface area contributed by atoms with Gasteiger partial charge in [-0.2, -0.15) is 0 Å². The van der Waals surface area contributed by atoms with Crippen molar-refractivity contribution in [1.29, 1.82) is 0 Å². The summed E-state index contributed by atoms with van der Waals surface area (Å²) in [6.07, 6.45) is 10.3. The first kappa shape index (κ1) is 15.2. The van der Waals surface area contributed by atoms with Crippen LogP contribution in [-0.4, -0.2) is 22.4 Å². The second-order valence-corrected chi connectivity index (χ2v) is 9.22. The maximum atomic E-state index is 10.5. The number of aliphatic hydroxyl groups excluding tert-OH is 2. The van der Waals surface area contributed by atoms with Gasteiger partial charge in [0, 0.05) is 5.92 Å². The molecule has 0 radical (unpaired) electrons. The van der Waals surface area contributed by atoms with Crippen molar-refractivity contribution in [3.63, 3.8) is 0 Å². The van der Waals surface area contributed by atoms with Gasteiger partial charge < -0.3 is 10.2 Å². The highest BCUT2D eigenvalue weighted by atomic mass is 16.3. The zero-order valence-corrected chi connectivity index (χ0v) is 14.4. The lowest BCUT2D eigenvalue weighted by molar-refractivity contribution is -0.0764. The first-order valence-corrected chi connectivity index (χ1v) is 9.44. The van der Waals surface area contributed by atoms with Gasteiger partial charge in [-0.25, -0.2) is 0 Å². The molecule has 0 aromatic rings. The summed E-state index contributed by atoms with van der Waals surface area (Å²) in [5.74, 6) is 2.57. The van der Waals surface area contributed by atoms with E-state index in [0.717, 1.165) is 31.1 Å². The van der Waals surface area contributed by atoms with Crippen LogP contribution < -0.4 is 0 Å². The van der Waals surface area contributed by atoms with Crippen LogP contribution in [0, 0.1) is 34.5 Å². The monoisotopic (exact) mass is 304 g/mol. The molecule has 4 aliphatic rings. The van der Waals surface area contributed by atoms with E-state index in [4.69, 9.17) is 0 Å². The van der Waals surface area contributed by atoms with E-state index in [1.54, 1.807) is 5.57 Å². The average Bonchev–Trinajstić information content (AvgIpc) is 2.79. The zero-order valence-electron chi connectivity index (χ0n) is 14.4. The van der Waals surface area contributed by atoms with Crippen LogP contribution in [0.4, 0.5) is 0 Å². The molecule has 124 valence electrons. The van der Waals surface area contributed by atoms with Crippen LogP contribution in [0.5, 0.6) is 0 Å². The molecule has 3 saturated carbocycles. The highest BCUT2D eigenvalue weighted by Crippen LogP contribution is 2.65. The van der Waals surface area contributed by atoms with Crippen molar-refractivity contribution in [2.24, 2.45) is 34.5 Å². The van der Waals surface area contributed by atoms with Crippen LogP contribution in [0.25, 0.3) is 0 Å². The maximum Gasteiger partial charge on any atom is 0.0603 e. The number of hydrogen-bond donors (Lipinski definition) is 2. The van der Waals surface area contributed by atoms with E-state index < -0.39 is 0 Å². The molecule has 22 heavy (non-hydrogen) atoms. The van der Waals surface area contributed by atoms with Gasteiger partial charge in [-0.3, -0.25) is 0 Å². The van der Waals surface area contributed by atoms with Gasteiger partial charge >= 0.3 is 0 Å². The van der Waals surface area contributed by atoms with Crippen LogP contribution in [0.1, 0.15) is 65.7 Å². The van der Waals surface area contributed by atoms with E-state index in [-0.39, 0.29) is 17.6 Å². The smallest absolute Gasteiger partial charge is 0.0603 e. The summed E-state index contributed by atoms with van der Waals surface area (Å²) in [6.45, 7) is 7.05. The van der Waals surface area contributed by atoms with Gasteiger partial charge in [-0.05, 0) is 73.5 Å². The number of allylic oxidation sites excluding steroid dienone is 1. The van der Waals surface area contributed by atoms with Crippen molar-refractivity contribution in [3.8, 4) is 0 Å². The zero-order chi connectivity index (χ0) is 15.7. The molecule has 0 saturated heterocycles. The summed E-state index contributed by atoms with van der Waals surface area (Å²) in [5, 5.41) is 20.8. The fraction of sp³-hybridized carbons (Fsp3) is 0.900. The predicted octanol–water partition coefficient (Wildman–Crippen LogP) is 3.92. The fourth-order valence-corrected chi connectivity index (χ4v) is 7.03. The second kappa shape index (κ2) is 4.83. The molecule has 0 bridgehead atoms. The lowest BCUT2D eigenvalue weighted by Crippen LogP contribution is -2.52. The van der Waals surface area contributed by atoms with Crippen LogP contribution in [0.2, 0.25) is 0 Å². The van der Waals surface area contributed by atoms with E-state index >= 15 is 0 Å². The van der Waals surface area contributed by atoms with Crippen LogP contribution >= 0.6 is 0 Å². The predicted molar refractivity (Wildman–Crippen MR) is 88.3 cm³/mol. The van der Waals surface area contributed by atoms with Gasteiger partial charge in [-0.15, -0.1) is 0 Å². The standard InChI is InChI=1S/C20H32O2/c1-12-14-5-4-13-15-6-7-18(22)20(15,3)10-8-16(13)19(14,2)11-9-17(12)21/h5,12-13,15-18,21-22H,4,6-11H2,1-3H3/t12-,13-,15-,16-,17-,18-,19-,20-/m0/s1. The summed E-state index contributed by atoms with van der Waals surface area (Å²) in [6, 6.07) is 0. The summed E-state index contributed by atoms with van der Waals surface area (Å²) in [5.41, 5.74) is 2.02. The Morgan fingerprint density at radius 3 is 2.55 bits per heavy atom. The Morgan fingerprint density at radius 1 is 1.00 bits per heavy atom. The molecular formula is C20H32O2. The lowest BCUT2D eigenvalue weighted by Gasteiger charge is -2.58. The Kier molecular flexibility index (Phi) is 3.34. The molecule has 0 aromatic carbocycles. The van der Waals surface area contributed by atoms with Gasteiger partial charge in [0.1, 0.15) is 0 Å². The minimum atomic E-state index is -0.141. The Hall–Kier alpha value is -0.340. The molecule has 0 heterocycles. The van der Waals surface area contributed by atoms with Gasteiger partial charge in [0.05, 0.1) is 12.2 Å². The highest BCUT2D eigenvalue weighted by molar-refractivity contribution is 5.27. The number of hydrogen-bond acceptors (Lipinski definition) is 2. The molecule has 0 aromatic heterocycles. The molecule has 4 aliphatic carbocycles. The molecule has 4 rings (SSSR count). The highest BCUT2D eigenvalue weighted by Gasteiger charge is 2.59. The fourth-order valence-electron chi connectivity index (χ4n) is 7.03. The van der Waals surface area contributed by atoms with Crippen molar-refractivity contribution in [1.82, 2.24) is 0 Å². The minimum Gasteiger partial charge on any atom is -0.393 e. The summed E-state index contributed by atoms with van der Waals surface area (Å²) < 4.78 is 0. The maximum absolute atomic E-state index is 10.5. The number of rotatable bonds is 0. The molecule has 0 unspecified atom stereocenters. The van der Waals surface area contributed by atoms with Gasteiger partial charge in [0.2, 0.25) is 0 Å². The molecule has 2 heteroatoms. The Labute approximate surface area is 135 Å². The van der Waals surface area contributed by atoms with Gasteiger partial charge in [0.15, 0.2) is 0 Å². The molecular weight excluding hydrogens is 272 g/mol. The first-order valence-electron chi connectivity index (χ1n) is 9.44. The second-order valence-electron chi connectivity index (χ2n) is 9.22. The van der Waals surface area contributed by atoms with E-state index in [9.17, 15) is 10.2 Å². The first-order chi connectivity index (χ1) is 10.4. The summed E-state index contributed by atoms with van der Waals surface area (Å²) in [7, 11) is 0. The molecule has 0 amide bonds. The van der Waals surface area contributed by atoms with Crippen molar-refractivity contribution >= 4 is 0 Å². The topological polar surface area (TPSA) is 40.5 Å². The third-order valence-electron chi connectivity index (χ3n) is 8.50. The molecule has 8 atom stereocenters. The number of fused-ring (bicyclic) bond motifs is 5. The molecule has 0 spiro atoms. The molecule has 0 aliphatic heterocycles. The van der Waals surface area contributed by atoms with Crippen molar-refractivity contribution in [3.05, 3.63) is 11.6 Å². The Morgan fingerprint density at radius 2 is 1.77 bits per heavy atom. The van der Waals surface area contributed by atoms with Gasteiger partial charge in [0.25, 0.3) is 0 Å². The van der Waals surface area contributed by atoms with Crippen molar-refractivity contribution in [2.75, 3.05) is 0 Å². The minimum absolute atomic E-state index is 0.0799. The Bertz CT molecular complexity index is 498. The average molecular weight is 304 g/mol. The van der Waals surface area contributed by atoms with E-state index in [1.165, 1.54) is 25.7 Å². The largest absolute Gasteiger partial charge is 0.393 e.